The predicted octanol–water partition coefficient (Wildman–Crippen LogP) is 2.70. The minimum Gasteiger partial charge on any atom is -0.368 e. The number of anilines is 1. The Hall–Kier alpha value is -1.85. The van der Waals surface area contributed by atoms with Crippen LogP contribution in [0, 0.1) is 0 Å². The first-order valence-corrected chi connectivity index (χ1v) is 7.29. The summed E-state index contributed by atoms with van der Waals surface area (Å²) in [5.41, 5.74) is 0.954. The molecule has 110 valence electrons. The number of halogens is 1. The lowest BCUT2D eigenvalue weighted by atomic mass is 10.2. The van der Waals surface area contributed by atoms with E-state index in [2.05, 4.69) is 10.4 Å². The first-order chi connectivity index (χ1) is 10.2. The zero-order valence-electron chi connectivity index (χ0n) is 11.5. The van der Waals surface area contributed by atoms with E-state index in [9.17, 15) is 4.79 Å². The third-order valence-electron chi connectivity index (χ3n) is 3.47. The van der Waals surface area contributed by atoms with E-state index >= 15 is 0 Å². The van der Waals surface area contributed by atoms with Crippen molar-refractivity contribution in [1.29, 1.82) is 0 Å². The molecule has 21 heavy (non-hydrogen) atoms. The van der Waals surface area contributed by atoms with Crippen molar-refractivity contribution in [3.8, 4) is 0 Å². The van der Waals surface area contributed by atoms with E-state index in [4.69, 9.17) is 16.3 Å². The second-order valence-corrected chi connectivity index (χ2v) is 5.36. The van der Waals surface area contributed by atoms with E-state index in [1.54, 1.807) is 16.9 Å². The van der Waals surface area contributed by atoms with Gasteiger partial charge in [-0.25, -0.2) is 4.68 Å². The molecule has 0 aliphatic carbocycles. The third-order valence-corrected chi connectivity index (χ3v) is 3.84. The van der Waals surface area contributed by atoms with Crippen molar-refractivity contribution in [2.24, 2.45) is 0 Å². The number of nitrogens with zero attached hydrogens (tertiary/aromatic N) is 2. The molecule has 3 rings (SSSR count). The Bertz CT molecular complexity index is 635. The molecule has 1 saturated heterocycles. The van der Waals surface area contributed by atoms with Crippen LogP contribution >= 0.6 is 11.6 Å². The fraction of sp³-hybridized carbons (Fsp3) is 0.333. The highest BCUT2D eigenvalue weighted by Gasteiger charge is 2.24. The molecule has 1 aromatic heterocycles. The topological polar surface area (TPSA) is 56.2 Å². The largest absolute Gasteiger partial charge is 0.368 e. The van der Waals surface area contributed by atoms with E-state index in [-0.39, 0.29) is 12.0 Å². The van der Waals surface area contributed by atoms with Gasteiger partial charge in [-0.3, -0.25) is 4.79 Å². The summed E-state index contributed by atoms with van der Waals surface area (Å²) in [6.07, 6.45) is 3.00. The number of rotatable bonds is 4. The van der Waals surface area contributed by atoms with Gasteiger partial charge in [-0.05, 0) is 24.5 Å². The molecule has 1 aliphatic rings. The summed E-state index contributed by atoms with van der Waals surface area (Å²) in [6.45, 7) is 1.16. The van der Waals surface area contributed by atoms with Crippen LogP contribution < -0.4 is 5.32 Å². The summed E-state index contributed by atoms with van der Waals surface area (Å²) in [7, 11) is 0. The molecule has 0 spiro atoms. The highest BCUT2D eigenvalue weighted by atomic mass is 35.5. The van der Waals surface area contributed by atoms with Crippen LogP contribution in [0.1, 0.15) is 18.4 Å². The zero-order valence-corrected chi connectivity index (χ0v) is 12.2. The molecule has 1 N–H and O–H groups in total. The molecular formula is C15H16ClN3O2. The number of nitrogens with one attached hydrogen (secondary N) is 1. The van der Waals surface area contributed by atoms with Gasteiger partial charge in [0.2, 0.25) is 0 Å². The molecule has 1 unspecified atom stereocenters. The smallest absolute Gasteiger partial charge is 0.254 e. The molecule has 2 heterocycles. The molecule has 2 aromatic rings. The van der Waals surface area contributed by atoms with Crippen LogP contribution in [0.5, 0.6) is 0 Å². The highest BCUT2D eigenvalue weighted by molar-refractivity contribution is 6.31. The number of benzene rings is 1. The summed E-state index contributed by atoms with van der Waals surface area (Å²) >= 11 is 6.15. The zero-order chi connectivity index (χ0) is 14.7. The SMILES string of the molecule is O=C(Nc1ccnn1Cc1ccccc1Cl)C1CCCO1. The number of hydrogen-bond acceptors (Lipinski definition) is 3. The van der Waals surface area contributed by atoms with E-state index in [0.717, 1.165) is 18.4 Å². The van der Waals surface area contributed by atoms with Crippen LogP contribution in [0.25, 0.3) is 0 Å². The van der Waals surface area contributed by atoms with E-state index in [1.807, 2.05) is 24.3 Å². The Morgan fingerprint density at radius 3 is 3.05 bits per heavy atom. The molecule has 1 atom stereocenters. The molecule has 1 aliphatic heterocycles. The first kappa shape index (κ1) is 14.1. The van der Waals surface area contributed by atoms with Crippen LogP contribution in [0.2, 0.25) is 5.02 Å². The first-order valence-electron chi connectivity index (χ1n) is 6.92. The third kappa shape index (κ3) is 3.25. The van der Waals surface area contributed by atoms with Crippen molar-refractivity contribution in [3.05, 3.63) is 47.1 Å². The maximum Gasteiger partial charge on any atom is 0.254 e. The number of hydrogen-bond donors (Lipinski definition) is 1. The molecule has 1 fully saturated rings. The van der Waals surface area contributed by atoms with Gasteiger partial charge in [0.05, 0.1) is 12.7 Å². The number of amides is 1. The maximum atomic E-state index is 12.1. The average molecular weight is 306 g/mol. The van der Waals surface area contributed by atoms with Crippen molar-refractivity contribution in [3.63, 3.8) is 0 Å². The lowest BCUT2D eigenvalue weighted by Crippen LogP contribution is -2.28. The molecule has 0 radical (unpaired) electrons. The Balaban J connectivity index is 1.72. The van der Waals surface area contributed by atoms with E-state index < -0.39 is 0 Å². The lowest BCUT2D eigenvalue weighted by Gasteiger charge is -2.12. The second-order valence-electron chi connectivity index (χ2n) is 4.96. The van der Waals surface area contributed by atoms with Gasteiger partial charge in [-0.2, -0.15) is 5.10 Å². The van der Waals surface area contributed by atoms with Crippen molar-refractivity contribution >= 4 is 23.3 Å². The number of aromatic nitrogens is 2. The Kier molecular flexibility index (Phi) is 4.22. The van der Waals surface area contributed by atoms with Crippen LogP contribution in [-0.4, -0.2) is 28.4 Å². The summed E-state index contributed by atoms with van der Waals surface area (Å²) in [5, 5.41) is 7.78. The number of carbonyl (C=O) groups is 1. The maximum absolute atomic E-state index is 12.1. The lowest BCUT2D eigenvalue weighted by molar-refractivity contribution is -0.124. The van der Waals surface area contributed by atoms with Crippen LogP contribution in [-0.2, 0) is 16.1 Å². The Labute approximate surface area is 127 Å². The molecule has 6 heteroatoms. The Morgan fingerprint density at radius 2 is 2.29 bits per heavy atom. The van der Waals surface area contributed by atoms with Gasteiger partial charge < -0.3 is 10.1 Å². The van der Waals surface area contributed by atoms with Gasteiger partial charge in [0.1, 0.15) is 11.9 Å². The van der Waals surface area contributed by atoms with E-state index in [0.29, 0.717) is 24.0 Å². The quantitative estimate of drug-likeness (QED) is 0.945. The van der Waals surface area contributed by atoms with Gasteiger partial charge in [-0.1, -0.05) is 29.8 Å². The fourth-order valence-corrected chi connectivity index (χ4v) is 2.54. The van der Waals surface area contributed by atoms with Gasteiger partial charge in [0.25, 0.3) is 5.91 Å². The molecule has 0 bridgehead atoms. The molecular weight excluding hydrogens is 290 g/mol. The minimum absolute atomic E-state index is 0.117. The summed E-state index contributed by atoms with van der Waals surface area (Å²) < 4.78 is 7.09. The monoisotopic (exact) mass is 305 g/mol. The number of carbonyl (C=O) groups excluding carboxylic acids is 1. The summed E-state index contributed by atoms with van der Waals surface area (Å²) in [6, 6.07) is 9.36. The number of ether oxygens (including phenoxy) is 1. The normalized spacial score (nSPS) is 17.9. The van der Waals surface area contributed by atoms with Crippen molar-refractivity contribution < 1.29 is 9.53 Å². The van der Waals surface area contributed by atoms with Gasteiger partial charge in [-0.15, -0.1) is 0 Å². The summed E-state index contributed by atoms with van der Waals surface area (Å²) in [4.78, 5) is 12.1. The van der Waals surface area contributed by atoms with Crippen LogP contribution in [0.3, 0.4) is 0 Å². The highest BCUT2D eigenvalue weighted by Crippen LogP contribution is 2.19. The van der Waals surface area contributed by atoms with Gasteiger partial charge >= 0.3 is 0 Å². The van der Waals surface area contributed by atoms with Gasteiger partial charge in [0.15, 0.2) is 0 Å². The van der Waals surface area contributed by atoms with Crippen LogP contribution in [0.15, 0.2) is 36.5 Å². The molecule has 1 amide bonds. The minimum atomic E-state index is -0.353. The Morgan fingerprint density at radius 1 is 1.43 bits per heavy atom. The van der Waals surface area contributed by atoms with E-state index in [1.165, 1.54) is 0 Å². The van der Waals surface area contributed by atoms with Gasteiger partial charge in [0, 0.05) is 17.7 Å². The molecule has 5 nitrogen and oxygen atoms in total. The predicted molar refractivity (Wildman–Crippen MR) is 80.4 cm³/mol. The summed E-state index contributed by atoms with van der Waals surface area (Å²) in [5.74, 6) is 0.531. The van der Waals surface area contributed by atoms with Crippen molar-refractivity contribution in [2.45, 2.75) is 25.5 Å². The molecule has 1 aromatic carbocycles. The second kappa shape index (κ2) is 6.28. The average Bonchev–Trinajstić information content (AvgIpc) is 3.13. The fourth-order valence-electron chi connectivity index (χ4n) is 2.34. The van der Waals surface area contributed by atoms with Crippen molar-refractivity contribution in [1.82, 2.24) is 9.78 Å². The molecule has 0 saturated carbocycles. The van der Waals surface area contributed by atoms with Crippen molar-refractivity contribution in [2.75, 3.05) is 11.9 Å². The van der Waals surface area contributed by atoms with Crippen LogP contribution in [0.4, 0.5) is 5.82 Å². The standard InChI is InChI=1S/C15H16ClN3O2/c16-12-5-2-1-4-11(12)10-19-14(7-8-17-19)18-15(20)13-6-3-9-21-13/h1-2,4-5,7-8,13H,3,6,9-10H2,(H,18,20).